The lowest BCUT2D eigenvalue weighted by Gasteiger charge is -2.44. The minimum atomic E-state index is -1.84. The summed E-state index contributed by atoms with van der Waals surface area (Å²) in [5.41, 5.74) is 2.63. The zero-order chi connectivity index (χ0) is 14.6. The van der Waals surface area contributed by atoms with E-state index in [1.807, 2.05) is 6.07 Å². The third-order valence-corrected chi connectivity index (χ3v) is 4.18. The molecule has 2 fully saturated rings. The van der Waals surface area contributed by atoms with Crippen LogP contribution >= 0.6 is 0 Å². The fraction of sp³-hybridized carbons (Fsp3) is 0.929. The van der Waals surface area contributed by atoms with Gasteiger partial charge in [-0.25, -0.2) is 0 Å². The van der Waals surface area contributed by atoms with E-state index in [0.717, 1.165) is 25.7 Å². The van der Waals surface area contributed by atoms with Gasteiger partial charge in [0.2, 0.25) is 5.72 Å². The van der Waals surface area contributed by atoms with Crippen molar-refractivity contribution < 1.29 is 19.3 Å². The monoisotopic (exact) mass is 284 g/mol. The molecule has 2 aliphatic heterocycles. The van der Waals surface area contributed by atoms with Crippen molar-refractivity contribution in [3.8, 4) is 6.07 Å². The largest absolute Gasteiger partial charge is 0.382 e. The third-order valence-electron chi connectivity index (χ3n) is 4.18. The topological polar surface area (TPSA) is 97.7 Å². The minimum absolute atomic E-state index is 0.496. The summed E-state index contributed by atoms with van der Waals surface area (Å²) in [7, 11) is 0. The first kappa shape index (κ1) is 15.7. The van der Waals surface area contributed by atoms with Crippen molar-refractivity contribution in [2.75, 3.05) is 13.2 Å². The van der Waals surface area contributed by atoms with Crippen molar-refractivity contribution in [2.45, 2.75) is 69.2 Å². The van der Waals surface area contributed by atoms with Gasteiger partial charge in [0.05, 0.1) is 6.10 Å². The number of aliphatic hydroxyl groups is 1. The van der Waals surface area contributed by atoms with Crippen molar-refractivity contribution in [1.82, 2.24) is 0 Å². The molecular weight excluding hydrogens is 260 g/mol. The van der Waals surface area contributed by atoms with Gasteiger partial charge in [0.15, 0.2) is 6.29 Å². The van der Waals surface area contributed by atoms with Crippen molar-refractivity contribution in [1.29, 1.82) is 5.26 Å². The van der Waals surface area contributed by atoms with E-state index in [0.29, 0.717) is 26.1 Å². The van der Waals surface area contributed by atoms with Crippen LogP contribution < -0.4 is 5.73 Å². The molecule has 0 radical (unpaired) electrons. The van der Waals surface area contributed by atoms with E-state index in [4.69, 9.17) is 19.9 Å². The molecule has 6 nitrogen and oxygen atoms in total. The van der Waals surface area contributed by atoms with Gasteiger partial charge in [-0.3, -0.25) is 5.73 Å². The molecule has 0 aromatic carbocycles. The smallest absolute Gasteiger partial charge is 0.239 e. The molecule has 2 heterocycles. The molecule has 3 N–H and O–H groups in total. The van der Waals surface area contributed by atoms with E-state index in [1.54, 1.807) is 0 Å². The van der Waals surface area contributed by atoms with Crippen LogP contribution in [0, 0.1) is 11.3 Å². The van der Waals surface area contributed by atoms with E-state index < -0.39 is 23.7 Å². The summed E-state index contributed by atoms with van der Waals surface area (Å²) in [5, 5.41) is 20.1. The average molecular weight is 284 g/mol. The average Bonchev–Trinajstić information content (AvgIpc) is 2.49. The number of ether oxygens (including phenoxy) is 3. The highest BCUT2D eigenvalue weighted by Gasteiger charge is 2.53. The first-order valence-corrected chi connectivity index (χ1v) is 7.33. The summed E-state index contributed by atoms with van der Waals surface area (Å²) >= 11 is 0. The fourth-order valence-electron chi connectivity index (χ4n) is 2.69. The molecule has 114 valence electrons. The number of rotatable bonds is 4. The van der Waals surface area contributed by atoms with Crippen LogP contribution in [0.2, 0.25) is 0 Å². The molecule has 4 atom stereocenters. The fourth-order valence-corrected chi connectivity index (χ4v) is 2.69. The van der Waals surface area contributed by atoms with Crippen LogP contribution in [-0.2, 0) is 14.2 Å². The van der Waals surface area contributed by atoms with E-state index >= 15 is 0 Å². The Morgan fingerprint density at radius 3 is 2.35 bits per heavy atom. The Morgan fingerprint density at radius 1 is 1.20 bits per heavy atom. The highest BCUT2D eigenvalue weighted by molar-refractivity contribution is 5.13. The minimum Gasteiger partial charge on any atom is -0.382 e. The molecular formula is C14H24N2O4. The van der Waals surface area contributed by atoms with Crippen LogP contribution in [0.3, 0.4) is 0 Å². The molecule has 4 unspecified atom stereocenters. The molecule has 2 rings (SSSR count). The Hall–Kier alpha value is -0.710. The number of hydrogen-bond acceptors (Lipinski definition) is 6. The van der Waals surface area contributed by atoms with Gasteiger partial charge in [-0.05, 0) is 45.4 Å². The van der Waals surface area contributed by atoms with Crippen molar-refractivity contribution in [3.05, 3.63) is 0 Å². The van der Waals surface area contributed by atoms with Crippen LogP contribution in [0.15, 0.2) is 0 Å². The molecule has 2 saturated heterocycles. The molecule has 2 aliphatic rings. The van der Waals surface area contributed by atoms with Gasteiger partial charge < -0.3 is 19.3 Å². The third kappa shape index (κ3) is 3.13. The van der Waals surface area contributed by atoms with Gasteiger partial charge in [-0.2, -0.15) is 5.26 Å². The van der Waals surface area contributed by atoms with Gasteiger partial charge in [0.1, 0.15) is 11.7 Å². The standard InChI is InChI=1S/C14H24N2O4/c1-13(17,11-6-2-4-8-18-11)14(16,10-15)20-12-7-3-5-9-19-12/h11-12,17H,2-9,16H2,1H3. The van der Waals surface area contributed by atoms with Gasteiger partial charge in [0, 0.05) is 13.2 Å². The summed E-state index contributed by atoms with van der Waals surface area (Å²) in [6.45, 7) is 2.67. The Balaban J connectivity index is 2.08. The van der Waals surface area contributed by atoms with Crippen LogP contribution in [0.5, 0.6) is 0 Å². The Morgan fingerprint density at radius 2 is 1.85 bits per heavy atom. The lowest BCUT2D eigenvalue weighted by atomic mass is 9.84. The van der Waals surface area contributed by atoms with Crippen LogP contribution in [-0.4, -0.2) is 42.0 Å². The summed E-state index contributed by atoms with van der Waals surface area (Å²) in [6.07, 6.45) is 4.17. The number of nitriles is 1. The first-order valence-electron chi connectivity index (χ1n) is 7.33. The molecule has 0 amide bonds. The Labute approximate surface area is 119 Å². The normalized spacial score (nSPS) is 33.7. The maximum absolute atomic E-state index is 10.7. The molecule has 0 saturated carbocycles. The highest BCUT2D eigenvalue weighted by Crippen LogP contribution is 2.33. The van der Waals surface area contributed by atoms with Crippen molar-refractivity contribution >= 4 is 0 Å². The molecule has 0 aromatic rings. The van der Waals surface area contributed by atoms with Gasteiger partial charge in [-0.1, -0.05) is 0 Å². The van der Waals surface area contributed by atoms with Crippen LogP contribution in [0.4, 0.5) is 0 Å². The molecule has 0 bridgehead atoms. The predicted molar refractivity (Wildman–Crippen MR) is 71.4 cm³/mol. The quantitative estimate of drug-likeness (QED) is 0.748. The maximum Gasteiger partial charge on any atom is 0.239 e. The number of hydrogen-bond donors (Lipinski definition) is 2. The molecule has 0 aliphatic carbocycles. The molecule has 0 spiro atoms. The number of nitrogens with zero attached hydrogens (tertiary/aromatic N) is 1. The van der Waals surface area contributed by atoms with E-state index in [9.17, 15) is 10.4 Å². The van der Waals surface area contributed by atoms with E-state index in [2.05, 4.69) is 0 Å². The molecule has 6 heteroatoms. The van der Waals surface area contributed by atoms with E-state index in [1.165, 1.54) is 6.92 Å². The summed E-state index contributed by atoms with van der Waals surface area (Å²) in [5.74, 6) is 0. The maximum atomic E-state index is 10.7. The van der Waals surface area contributed by atoms with Crippen LogP contribution in [0.1, 0.15) is 45.4 Å². The SMILES string of the molecule is CC(O)(C1CCCCO1)C(N)(C#N)OC1CCCCO1. The van der Waals surface area contributed by atoms with Gasteiger partial charge in [0.25, 0.3) is 0 Å². The Bertz CT molecular complexity index is 357. The number of nitrogens with two attached hydrogens (primary N) is 1. The van der Waals surface area contributed by atoms with Crippen molar-refractivity contribution in [3.63, 3.8) is 0 Å². The summed E-state index contributed by atoms with van der Waals surface area (Å²) < 4.78 is 16.6. The zero-order valence-electron chi connectivity index (χ0n) is 12.0. The van der Waals surface area contributed by atoms with Gasteiger partial charge in [-0.15, -0.1) is 0 Å². The van der Waals surface area contributed by atoms with E-state index in [-0.39, 0.29) is 0 Å². The van der Waals surface area contributed by atoms with Crippen LogP contribution in [0.25, 0.3) is 0 Å². The summed E-state index contributed by atoms with van der Waals surface area (Å²) in [4.78, 5) is 0. The first-order chi connectivity index (χ1) is 9.49. The predicted octanol–water partition coefficient (Wildman–Crippen LogP) is 1.03. The molecule has 0 aromatic heterocycles. The van der Waals surface area contributed by atoms with Gasteiger partial charge >= 0.3 is 0 Å². The molecule has 20 heavy (non-hydrogen) atoms. The zero-order valence-corrected chi connectivity index (χ0v) is 12.0. The lowest BCUT2D eigenvalue weighted by molar-refractivity contribution is -0.275. The summed E-state index contributed by atoms with van der Waals surface area (Å²) in [6, 6.07) is 1.91. The second kappa shape index (κ2) is 6.37. The second-order valence-electron chi connectivity index (χ2n) is 5.76. The lowest BCUT2D eigenvalue weighted by Crippen LogP contribution is -2.67. The highest BCUT2D eigenvalue weighted by atomic mass is 16.7. The Kier molecular flexibility index (Phi) is 4.99. The second-order valence-corrected chi connectivity index (χ2v) is 5.76. The van der Waals surface area contributed by atoms with Crippen molar-refractivity contribution in [2.24, 2.45) is 5.73 Å².